The minimum absolute atomic E-state index is 0.00137. The molecule has 1 aliphatic heterocycles. The summed E-state index contributed by atoms with van der Waals surface area (Å²) in [4.78, 5) is 0. The smallest absolute Gasteiger partial charge is 0.184 e. The molecular weight excluding hydrogens is 150 g/mol. The van der Waals surface area contributed by atoms with Crippen LogP contribution in [0.1, 0.15) is 0 Å². The second-order valence-corrected chi connectivity index (χ2v) is 9.27. The third kappa shape index (κ3) is 1.56. The summed E-state index contributed by atoms with van der Waals surface area (Å²) >= 11 is 0. The molecule has 8 heavy (non-hydrogen) atoms. The molecule has 1 aliphatic rings. The number of nitrogens with zero attached hydrogens (tertiary/aromatic N) is 1. The zero-order valence-corrected chi connectivity index (χ0v) is 9.10. The highest BCUT2D eigenvalue weighted by atomic mass is 28.4. The highest BCUT2D eigenvalue weighted by Gasteiger charge is 2.02. The summed E-state index contributed by atoms with van der Waals surface area (Å²) in [5, 5.41) is 0. The van der Waals surface area contributed by atoms with Crippen LogP contribution in [0.15, 0.2) is 12.8 Å². The van der Waals surface area contributed by atoms with Gasteiger partial charge in [0, 0.05) is 0 Å². The Hall–Kier alpha value is 0.111. The van der Waals surface area contributed by atoms with Crippen LogP contribution in [0.25, 0.3) is 0 Å². The van der Waals surface area contributed by atoms with Crippen molar-refractivity contribution in [2.24, 2.45) is 0 Å². The van der Waals surface area contributed by atoms with Gasteiger partial charge in [0.15, 0.2) is 29.5 Å². The van der Waals surface area contributed by atoms with Crippen molar-refractivity contribution in [2.75, 3.05) is 0 Å². The first-order valence-corrected chi connectivity index (χ1v) is 6.81. The van der Waals surface area contributed by atoms with E-state index in [4.69, 9.17) is 0 Å². The largest absolute Gasteiger partial charge is 0.418 e. The van der Waals surface area contributed by atoms with Gasteiger partial charge in [-0.15, -0.1) is 0 Å². The van der Waals surface area contributed by atoms with E-state index >= 15 is 0 Å². The number of nitrogens with one attached hydrogen (secondary N) is 2. The average Bonchev–Trinajstić information content (AvgIpc) is 1.90. The van der Waals surface area contributed by atoms with Gasteiger partial charge in [-0.2, -0.15) is 0 Å². The normalized spacial score (nSPS) is 29.8. The van der Waals surface area contributed by atoms with Crippen LogP contribution in [0.5, 0.6) is 0 Å². The van der Waals surface area contributed by atoms with E-state index in [0.29, 0.717) is 0 Å². The molecule has 0 amide bonds. The Morgan fingerprint density at radius 2 is 2.00 bits per heavy atom. The molecule has 0 aromatic heterocycles. The Bertz CT molecular complexity index is 80.6. The van der Waals surface area contributed by atoms with Gasteiger partial charge in [-0.1, -0.05) is 6.58 Å². The summed E-state index contributed by atoms with van der Waals surface area (Å²) in [5.74, 6) is 0. The van der Waals surface area contributed by atoms with E-state index in [0.717, 1.165) is 0 Å². The molecule has 1 saturated heterocycles. The van der Waals surface area contributed by atoms with E-state index in [1.807, 2.05) is 6.20 Å². The maximum atomic E-state index is 3.72. The van der Waals surface area contributed by atoms with Crippen LogP contribution < -0.4 is 9.30 Å². The maximum absolute atomic E-state index is 3.72. The quantitative estimate of drug-likeness (QED) is 0.393. The fourth-order valence-corrected chi connectivity index (χ4v) is 9.71. The van der Waals surface area contributed by atoms with Crippen LogP contribution in [0.2, 0.25) is 0 Å². The predicted molar refractivity (Wildman–Crippen MR) is 43.9 cm³/mol. The van der Waals surface area contributed by atoms with Gasteiger partial charge in [-0.25, -0.2) is 0 Å². The van der Waals surface area contributed by atoms with Gasteiger partial charge in [0.25, 0.3) is 0 Å². The lowest BCUT2D eigenvalue weighted by molar-refractivity contribution is 0.891. The molecular formula is C2H11N3Si3. The van der Waals surface area contributed by atoms with Gasteiger partial charge in [-0.05, 0) is 6.20 Å². The molecule has 1 rings (SSSR count). The van der Waals surface area contributed by atoms with Crippen LogP contribution in [-0.4, -0.2) is 33.8 Å². The molecule has 0 aliphatic carbocycles. The first-order chi connectivity index (χ1) is 3.93. The number of rotatable bonds is 1. The zero-order chi connectivity index (χ0) is 5.82. The molecule has 46 valence electrons. The third-order valence-electron chi connectivity index (χ3n) is 1.14. The van der Waals surface area contributed by atoms with Crippen LogP contribution in [0, 0.1) is 0 Å². The minimum Gasteiger partial charge on any atom is -0.418 e. The first kappa shape index (κ1) is 6.23. The number of hydrogen-bond acceptors (Lipinski definition) is 3. The molecule has 0 radical (unpaired) electrons. The molecule has 1 heterocycles. The lowest BCUT2D eigenvalue weighted by Crippen LogP contribution is -2.55. The van der Waals surface area contributed by atoms with Crippen molar-refractivity contribution in [1.82, 2.24) is 13.5 Å². The summed E-state index contributed by atoms with van der Waals surface area (Å²) in [6.45, 7) is 3.72. The van der Waals surface area contributed by atoms with Crippen molar-refractivity contribution in [3.8, 4) is 0 Å². The summed E-state index contributed by atoms with van der Waals surface area (Å²) in [6, 6.07) is 0. The second-order valence-electron chi connectivity index (χ2n) is 1.76. The minimum atomic E-state index is -0.0513. The molecule has 0 saturated carbocycles. The fourth-order valence-electron chi connectivity index (χ4n) is 0.672. The fraction of sp³-hybridized carbons (Fsp3) is 0. The Morgan fingerprint density at radius 1 is 1.38 bits per heavy atom. The van der Waals surface area contributed by atoms with Crippen LogP contribution in [0.4, 0.5) is 0 Å². The van der Waals surface area contributed by atoms with Crippen molar-refractivity contribution in [3.63, 3.8) is 0 Å². The molecule has 2 N–H and O–H groups in total. The SMILES string of the molecule is C=CN1[SiH2]N[SiH2]N[SiH2]1. The van der Waals surface area contributed by atoms with Gasteiger partial charge in [-0.3, -0.25) is 0 Å². The Morgan fingerprint density at radius 3 is 2.38 bits per heavy atom. The van der Waals surface area contributed by atoms with E-state index in [1.54, 1.807) is 0 Å². The van der Waals surface area contributed by atoms with Crippen molar-refractivity contribution < 1.29 is 0 Å². The summed E-state index contributed by atoms with van der Waals surface area (Å²) in [6.07, 6.45) is 1.96. The van der Waals surface area contributed by atoms with Crippen molar-refractivity contribution in [1.29, 1.82) is 0 Å². The molecule has 6 heteroatoms. The van der Waals surface area contributed by atoms with Crippen LogP contribution in [0.3, 0.4) is 0 Å². The van der Waals surface area contributed by atoms with Gasteiger partial charge in [0.1, 0.15) is 0 Å². The molecule has 0 atom stereocenters. The van der Waals surface area contributed by atoms with E-state index in [9.17, 15) is 0 Å². The van der Waals surface area contributed by atoms with Crippen LogP contribution in [-0.2, 0) is 0 Å². The van der Waals surface area contributed by atoms with E-state index in [1.165, 1.54) is 0 Å². The lowest BCUT2D eigenvalue weighted by atomic mass is 11.1. The summed E-state index contributed by atoms with van der Waals surface area (Å²) in [5.41, 5.74) is 0. The summed E-state index contributed by atoms with van der Waals surface area (Å²) < 4.78 is 9.26. The highest BCUT2D eigenvalue weighted by Crippen LogP contribution is 1.78. The van der Waals surface area contributed by atoms with Gasteiger partial charge < -0.3 is 13.5 Å². The average molecular weight is 161 g/mol. The van der Waals surface area contributed by atoms with Crippen LogP contribution >= 0.6 is 0 Å². The summed E-state index contributed by atoms with van der Waals surface area (Å²) in [7, 11) is -0.101. The maximum Gasteiger partial charge on any atom is 0.184 e. The number of hydrogen-bond donors (Lipinski definition) is 2. The molecule has 0 aromatic carbocycles. The topological polar surface area (TPSA) is 27.3 Å². The van der Waals surface area contributed by atoms with Crippen molar-refractivity contribution in [2.45, 2.75) is 0 Å². The molecule has 1 fully saturated rings. The van der Waals surface area contributed by atoms with Crippen molar-refractivity contribution >= 4 is 29.5 Å². The van der Waals surface area contributed by atoms with E-state index < -0.39 is 0 Å². The molecule has 3 nitrogen and oxygen atoms in total. The van der Waals surface area contributed by atoms with Gasteiger partial charge >= 0.3 is 0 Å². The molecule has 0 bridgehead atoms. The second kappa shape index (κ2) is 3.20. The van der Waals surface area contributed by atoms with E-state index in [2.05, 4.69) is 20.1 Å². The Balaban J connectivity index is 2.22. The van der Waals surface area contributed by atoms with E-state index in [-0.39, 0.29) is 29.5 Å². The molecule has 0 aromatic rings. The monoisotopic (exact) mass is 161 g/mol. The van der Waals surface area contributed by atoms with Gasteiger partial charge in [0.05, 0.1) is 0 Å². The first-order valence-electron chi connectivity index (χ1n) is 2.71. The van der Waals surface area contributed by atoms with Gasteiger partial charge in [0.2, 0.25) is 0 Å². The highest BCUT2D eigenvalue weighted by molar-refractivity contribution is 6.65. The lowest BCUT2D eigenvalue weighted by Gasteiger charge is -2.25. The Labute approximate surface area is 56.5 Å². The molecule has 0 unspecified atom stereocenters. The van der Waals surface area contributed by atoms with Crippen molar-refractivity contribution in [3.05, 3.63) is 12.8 Å². The zero-order valence-electron chi connectivity index (χ0n) is 4.85. The third-order valence-corrected chi connectivity index (χ3v) is 7.60. The molecule has 0 spiro atoms. The predicted octanol–water partition coefficient (Wildman–Crippen LogP) is -3.38. The standard InChI is InChI=1S/C2H11N3Si3/c1-2-5-7-3-6-4-8-5/h2-4H,1,6-8H2. The Kier molecular flexibility index (Phi) is 2.49.